The van der Waals surface area contributed by atoms with Crippen LogP contribution in [0.5, 0.6) is 5.75 Å². The van der Waals surface area contributed by atoms with Crippen molar-refractivity contribution in [3.8, 4) is 5.75 Å². The minimum atomic E-state index is -0.599. The minimum Gasteiger partial charge on any atom is -0.489 e. The Morgan fingerprint density at radius 3 is 2.62 bits per heavy atom. The molecule has 0 saturated carbocycles. The van der Waals surface area contributed by atoms with Gasteiger partial charge in [-0.2, -0.15) is 5.10 Å². The molecule has 0 radical (unpaired) electrons. The fourth-order valence-electron chi connectivity index (χ4n) is 3.95. The Labute approximate surface area is 185 Å². The first-order valence-electron chi connectivity index (χ1n) is 10.8. The predicted octanol–water partition coefficient (Wildman–Crippen LogP) is 2.00. The summed E-state index contributed by atoms with van der Waals surface area (Å²) in [5, 5.41) is 16.2. The zero-order valence-corrected chi connectivity index (χ0v) is 17.7. The molecule has 1 atom stereocenters. The fourth-order valence-corrected chi connectivity index (χ4v) is 3.95. The van der Waals surface area contributed by atoms with Gasteiger partial charge in [0.2, 0.25) is 0 Å². The number of nitrogens with one attached hydrogen (secondary N) is 2. The molecule has 9 nitrogen and oxygen atoms in total. The van der Waals surface area contributed by atoms with Crippen molar-refractivity contribution < 1.29 is 19.5 Å². The van der Waals surface area contributed by atoms with Crippen LogP contribution in [0.3, 0.4) is 0 Å². The predicted molar refractivity (Wildman–Crippen MR) is 117 cm³/mol. The Kier molecular flexibility index (Phi) is 6.98. The summed E-state index contributed by atoms with van der Waals surface area (Å²) < 4.78 is 7.64. The van der Waals surface area contributed by atoms with Gasteiger partial charge < -0.3 is 10.1 Å². The average Bonchev–Trinajstić information content (AvgIpc) is 3.26. The van der Waals surface area contributed by atoms with Crippen LogP contribution in [0, 0.1) is 0 Å². The maximum atomic E-state index is 12.6. The van der Waals surface area contributed by atoms with Crippen LogP contribution in [-0.4, -0.2) is 57.2 Å². The first-order chi connectivity index (χ1) is 15.7. The Morgan fingerprint density at radius 1 is 1.09 bits per heavy atom. The molecule has 4 rings (SSSR count). The van der Waals surface area contributed by atoms with Gasteiger partial charge in [-0.25, -0.2) is 10.00 Å². The zero-order valence-electron chi connectivity index (χ0n) is 17.7. The lowest BCUT2D eigenvalue weighted by atomic mass is 10.1. The summed E-state index contributed by atoms with van der Waals surface area (Å²) in [5.41, 5.74) is 4.14. The lowest BCUT2D eigenvalue weighted by Crippen LogP contribution is -2.53. The topological polar surface area (TPSA) is 108 Å². The summed E-state index contributed by atoms with van der Waals surface area (Å²) >= 11 is 0. The Balaban J connectivity index is 1.32. The molecule has 3 heterocycles. The summed E-state index contributed by atoms with van der Waals surface area (Å²) in [5.74, 6) is -0.154. The van der Waals surface area contributed by atoms with Crippen LogP contribution in [0.25, 0.3) is 5.52 Å². The van der Waals surface area contributed by atoms with E-state index in [-0.39, 0.29) is 12.5 Å². The van der Waals surface area contributed by atoms with Gasteiger partial charge >= 0.3 is 0 Å². The molecule has 2 aromatic heterocycles. The van der Waals surface area contributed by atoms with Gasteiger partial charge in [-0.05, 0) is 62.3 Å². The number of fused-ring (bicyclic) bond motifs is 1. The number of amides is 2. The van der Waals surface area contributed by atoms with Gasteiger partial charge in [0, 0.05) is 23.9 Å². The molecule has 1 aliphatic heterocycles. The third-order valence-electron chi connectivity index (χ3n) is 5.72. The van der Waals surface area contributed by atoms with E-state index in [1.807, 2.05) is 29.3 Å². The minimum absolute atomic E-state index is 0.123. The number of hydroxylamine groups is 1. The molecule has 0 spiro atoms. The second-order valence-corrected chi connectivity index (χ2v) is 7.81. The average molecular weight is 438 g/mol. The van der Waals surface area contributed by atoms with Crippen molar-refractivity contribution in [3.05, 3.63) is 66.0 Å². The Bertz CT molecular complexity index is 1060. The number of ether oxygens (including phenoxy) is 1. The van der Waals surface area contributed by atoms with E-state index in [0.29, 0.717) is 17.9 Å². The van der Waals surface area contributed by atoms with Crippen LogP contribution in [-0.2, 0) is 11.4 Å². The highest BCUT2D eigenvalue weighted by molar-refractivity contribution is 5.94. The van der Waals surface area contributed by atoms with Crippen LogP contribution in [0.2, 0.25) is 0 Å². The molecule has 168 valence electrons. The van der Waals surface area contributed by atoms with Gasteiger partial charge in [-0.3, -0.25) is 19.7 Å². The van der Waals surface area contributed by atoms with Crippen LogP contribution < -0.4 is 15.5 Å². The molecule has 1 saturated heterocycles. The summed E-state index contributed by atoms with van der Waals surface area (Å²) in [6, 6.07) is 12.1. The van der Waals surface area contributed by atoms with E-state index < -0.39 is 11.9 Å². The van der Waals surface area contributed by atoms with E-state index in [4.69, 9.17) is 9.94 Å². The quantitative estimate of drug-likeness (QED) is 0.368. The second-order valence-electron chi connectivity index (χ2n) is 7.81. The first kappa shape index (κ1) is 21.8. The third kappa shape index (κ3) is 5.06. The van der Waals surface area contributed by atoms with Crippen LogP contribution >= 0.6 is 0 Å². The van der Waals surface area contributed by atoms with Crippen molar-refractivity contribution in [1.82, 2.24) is 25.3 Å². The van der Waals surface area contributed by atoms with Gasteiger partial charge in [0.15, 0.2) is 0 Å². The van der Waals surface area contributed by atoms with Crippen molar-refractivity contribution in [2.75, 3.05) is 19.6 Å². The van der Waals surface area contributed by atoms with Crippen molar-refractivity contribution in [2.45, 2.75) is 31.9 Å². The van der Waals surface area contributed by atoms with Crippen LogP contribution in [0.1, 0.15) is 35.2 Å². The fraction of sp³-hybridized carbons (Fsp3) is 0.348. The molecule has 0 unspecified atom stereocenters. The maximum absolute atomic E-state index is 12.6. The highest BCUT2D eigenvalue weighted by Gasteiger charge is 2.27. The zero-order chi connectivity index (χ0) is 22.3. The molecular formula is C23H27N5O4. The molecule has 1 aliphatic rings. The first-order valence-corrected chi connectivity index (χ1v) is 10.8. The van der Waals surface area contributed by atoms with Crippen molar-refractivity contribution >= 4 is 17.3 Å². The van der Waals surface area contributed by atoms with E-state index in [1.54, 1.807) is 40.5 Å². The van der Waals surface area contributed by atoms with Gasteiger partial charge in [0.1, 0.15) is 18.4 Å². The summed E-state index contributed by atoms with van der Waals surface area (Å²) in [4.78, 5) is 26.6. The molecule has 0 bridgehead atoms. The monoisotopic (exact) mass is 437 g/mol. The molecule has 3 aromatic rings. The number of hydrogen-bond donors (Lipinski definition) is 3. The van der Waals surface area contributed by atoms with Crippen LogP contribution in [0.15, 0.2) is 54.9 Å². The number of benzene rings is 1. The number of rotatable bonds is 8. The van der Waals surface area contributed by atoms with Crippen LogP contribution in [0.4, 0.5) is 0 Å². The number of piperidine rings is 1. The van der Waals surface area contributed by atoms with Gasteiger partial charge in [-0.1, -0.05) is 12.5 Å². The number of pyridine rings is 1. The van der Waals surface area contributed by atoms with E-state index in [9.17, 15) is 9.59 Å². The molecule has 32 heavy (non-hydrogen) atoms. The smallest absolute Gasteiger partial charge is 0.262 e. The van der Waals surface area contributed by atoms with Crippen molar-refractivity contribution in [1.29, 1.82) is 0 Å². The summed E-state index contributed by atoms with van der Waals surface area (Å²) in [6.07, 6.45) is 6.78. The van der Waals surface area contributed by atoms with Crippen molar-refractivity contribution in [2.24, 2.45) is 0 Å². The highest BCUT2D eigenvalue weighted by atomic mass is 16.5. The van der Waals surface area contributed by atoms with Gasteiger partial charge in [-0.15, -0.1) is 0 Å². The number of carbonyl (C=O) groups excluding carboxylic acids is 2. The van der Waals surface area contributed by atoms with Gasteiger partial charge in [0.05, 0.1) is 11.7 Å². The molecule has 1 fully saturated rings. The molecule has 2 amide bonds. The normalized spacial score (nSPS) is 15.3. The molecule has 9 heteroatoms. The molecule has 0 aliphatic carbocycles. The lowest BCUT2D eigenvalue weighted by molar-refractivity contribution is -0.135. The van der Waals surface area contributed by atoms with Crippen molar-refractivity contribution in [3.63, 3.8) is 0 Å². The largest absolute Gasteiger partial charge is 0.489 e. The second kappa shape index (κ2) is 10.3. The standard InChI is InChI=1S/C23H27N5O4/c29-22(24-15-21(23(30)26-31)27-11-3-1-4-12-27)17-7-9-19(10-8-17)32-16-18-14-25-28-13-5-2-6-20(18)28/h2,5-10,13-14,21,31H,1,3-4,11-12,15-16H2,(H,24,29)(H,26,30)/t21-/m0/s1. The third-order valence-corrected chi connectivity index (χ3v) is 5.72. The maximum Gasteiger partial charge on any atom is 0.262 e. The number of aromatic nitrogens is 2. The number of carbonyl (C=O) groups is 2. The molecular weight excluding hydrogens is 410 g/mol. The van der Waals surface area contributed by atoms with Gasteiger partial charge in [0.25, 0.3) is 11.8 Å². The lowest BCUT2D eigenvalue weighted by Gasteiger charge is -2.33. The number of hydrogen-bond acceptors (Lipinski definition) is 6. The Hall–Kier alpha value is -3.43. The van der Waals surface area contributed by atoms with E-state index in [2.05, 4.69) is 10.4 Å². The summed E-state index contributed by atoms with van der Waals surface area (Å²) in [6.45, 7) is 2.03. The van der Waals surface area contributed by atoms with E-state index in [1.165, 1.54) is 0 Å². The SMILES string of the molecule is O=C(NC[C@@H](C(=O)NO)N1CCCCC1)c1ccc(OCc2cnn3ccccc23)cc1. The molecule has 3 N–H and O–H groups in total. The molecule has 1 aromatic carbocycles. The number of nitrogens with zero attached hydrogens (tertiary/aromatic N) is 3. The Morgan fingerprint density at radius 2 is 1.88 bits per heavy atom. The highest BCUT2D eigenvalue weighted by Crippen LogP contribution is 2.17. The van der Waals surface area contributed by atoms with E-state index >= 15 is 0 Å². The number of likely N-dealkylation sites (tertiary alicyclic amines) is 1. The van der Waals surface area contributed by atoms with E-state index in [0.717, 1.165) is 43.4 Å². The summed E-state index contributed by atoms with van der Waals surface area (Å²) in [7, 11) is 0.